The molecule has 9 heteroatoms. The second-order valence-electron chi connectivity index (χ2n) is 5.88. The molecule has 2 aromatic rings. The Labute approximate surface area is 150 Å². The van der Waals surface area contributed by atoms with Crippen LogP contribution in [0.15, 0.2) is 48.7 Å². The van der Waals surface area contributed by atoms with Crippen LogP contribution in [-0.2, 0) is 11.7 Å². The summed E-state index contributed by atoms with van der Waals surface area (Å²) in [5.74, 6) is 0. The van der Waals surface area contributed by atoms with Crippen LogP contribution in [0.4, 0.5) is 32.0 Å². The highest BCUT2D eigenvalue weighted by Crippen LogP contribution is 2.51. The van der Waals surface area contributed by atoms with Gasteiger partial charge in [0.25, 0.3) is 0 Å². The molecular formula is C18H11F6N3. The van der Waals surface area contributed by atoms with E-state index in [0.29, 0.717) is 6.07 Å². The van der Waals surface area contributed by atoms with Crippen LogP contribution < -0.4 is 5.32 Å². The summed E-state index contributed by atoms with van der Waals surface area (Å²) in [4.78, 5) is 3.71. The summed E-state index contributed by atoms with van der Waals surface area (Å²) in [5.41, 5.74) is -5.72. The summed E-state index contributed by atoms with van der Waals surface area (Å²) in [6.45, 7) is 0. The number of anilines is 1. The van der Waals surface area contributed by atoms with Crippen LogP contribution >= 0.6 is 0 Å². The zero-order valence-corrected chi connectivity index (χ0v) is 13.5. The Morgan fingerprint density at radius 1 is 1.04 bits per heavy atom. The van der Waals surface area contributed by atoms with Gasteiger partial charge < -0.3 is 5.32 Å². The fraction of sp³-hybridized carbons (Fsp3) is 0.222. The number of hydrogen-bond acceptors (Lipinski definition) is 3. The first kappa shape index (κ1) is 18.8. The van der Waals surface area contributed by atoms with E-state index in [4.69, 9.17) is 5.26 Å². The molecule has 27 heavy (non-hydrogen) atoms. The fourth-order valence-electron chi connectivity index (χ4n) is 3.03. The Hall–Kier alpha value is -3.02. The lowest BCUT2D eigenvalue weighted by Crippen LogP contribution is -2.50. The van der Waals surface area contributed by atoms with Crippen molar-refractivity contribution in [2.24, 2.45) is 0 Å². The minimum atomic E-state index is -5.02. The van der Waals surface area contributed by atoms with Crippen molar-refractivity contribution in [2.45, 2.75) is 24.3 Å². The smallest absolute Gasteiger partial charge is 0.362 e. The predicted octanol–water partition coefficient (Wildman–Crippen LogP) is 5.28. The number of benzene rings is 1. The van der Waals surface area contributed by atoms with E-state index in [1.807, 2.05) is 5.32 Å². The van der Waals surface area contributed by atoms with E-state index in [1.54, 1.807) is 6.07 Å². The number of aromatic nitrogens is 1. The van der Waals surface area contributed by atoms with Gasteiger partial charge in [0, 0.05) is 11.8 Å². The lowest BCUT2D eigenvalue weighted by molar-refractivity contribution is -0.169. The number of nitriles is 1. The summed E-state index contributed by atoms with van der Waals surface area (Å²) in [5, 5.41) is 11.0. The number of rotatable bonds is 2. The molecule has 0 radical (unpaired) electrons. The van der Waals surface area contributed by atoms with Gasteiger partial charge in [-0.05, 0) is 29.8 Å². The number of allylic oxidation sites excluding steroid dienone is 1. The van der Waals surface area contributed by atoms with Gasteiger partial charge in [-0.1, -0.05) is 18.2 Å². The van der Waals surface area contributed by atoms with E-state index in [2.05, 4.69) is 4.98 Å². The van der Waals surface area contributed by atoms with Crippen LogP contribution in [0.3, 0.4) is 0 Å². The van der Waals surface area contributed by atoms with Crippen molar-refractivity contribution in [3.05, 3.63) is 65.5 Å². The molecule has 0 saturated carbocycles. The monoisotopic (exact) mass is 383 g/mol. The topological polar surface area (TPSA) is 48.7 Å². The van der Waals surface area contributed by atoms with E-state index < -0.39 is 41.3 Å². The molecule has 0 fully saturated rings. The SMILES string of the molecule is N#CCC1=CC(c2ccccn2)(C(F)(F)F)Nc2c1cccc2C(F)(F)F. The van der Waals surface area contributed by atoms with Gasteiger partial charge in [0.2, 0.25) is 0 Å². The summed E-state index contributed by atoms with van der Waals surface area (Å²) in [6, 6.07) is 8.52. The van der Waals surface area contributed by atoms with Gasteiger partial charge in [-0.15, -0.1) is 0 Å². The van der Waals surface area contributed by atoms with Gasteiger partial charge in [0.15, 0.2) is 5.54 Å². The third kappa shape index (κ3) is 3.12. The van der Waals surface area contributed by atoms with Crippen LogP contribution in [0.25, 0.3) is 5.57 Å². The van der Waals surface area contributed by atoms with Crippen molar-refractivity contribution < 1.29 is 26.3 Å². The zero-order valence-electron chi connectivity index (χ0n) is 13.5. The van der Waals surface area contributed by atoms with E-state index in [-0.39, 0.29) is 11.1 Å². The Balaban J connectivity index is 2.35. The third-order valence-corrected chi connectivity index (χ3v) is 4.21. The van der Waals surface area contributed by atoms with E-state index in [0.717, 1.165) is 24.4 Å². The van der Waals surface area contributed by atoms with Crippen molar-refractivity contribution >= 4 is 11.3 Å². The molecule has 1 aliphatic heterocycles. The standard InChI is InChI=1S/C18H11F6N3/c19-17(20,21)13-5-3-4-12-11(7-8-25)10-16(18(22,23)24,27-15(12)13)14-6-1-2-9-26-14/h1-6,9-10,27H,7H2. The number of alkyl halides is 6. The van der Waals surface area contributed by atoms with Crippen LogP contribution in [-0.4, -0.2) is 11.2 Å². The lowest BCUT2D eigenvalue weighted by atomic mass is 9.82. The first-order valence-corrected chi connectivity index (χ1v) is 7.66. The van der Waals surface area contributed by atoms with E-state index >= 15 is 0 Å². The molecular weight excluding hydrogens is 372 g/mol. The number of fused-ring (bicyclic) bond motifs is 1. The van der Waals surface area contributed by atoms with Crippen LogP contribution in [0.5, 0.6) is 0 Å². The summed E-state index contributed by atoms with van der Waals surface area (Å²) >= 11 is 0. The Morgan fingerprint density at radius 3 is 2.33 bits per heavy atom. The number of hydrogen-bond donors (Lipinski definition) is 1. The van der Waals surface area contributed by atoms with Gasteiger partial charge in [-0.25, -0.2) is 0 Å². The highest BCUT2D eigenvalue weighted by molar-refractivity contribution is 5.84. The van der Waals surface area contributed by atoms with Gasteiger partial charge in [0.1, 0.15) is 0 Å². The molecule has 140 valence electrons. The van der Waals surface area contributed by atoms with Crippen LogP contribution in [0.1, 0.15) is 23.2 Å². The molecule has 0 spiro atoms. The average Bonchev–Trinajstić information content (AvgIpc) is 2.60. The number of nitrogens with zero attached hydrogens (tertiary/aromatic N) is 2. The second kappa shape index (κ2) is 6.30. The molecule has 3 rings (SSSR count). The van der Waals surface area contributed by atoms with Crippen molar-refractivity contribution in [1.29, 1.82) is 5.26 Å². The molecule has 3 nitrogen and oxygen atoms in total. The van der Waals surface area contributed by atoms with Crippen molar-refractivity contribution in [2.75, 3.05) is 5.32 Å². The maximum absolute atomic E-state index is 14.1. The Bertz CT molecular complexity index is 925. The summed E-state index contributed by atoms with van der Waals surface area (Å²) < 4.78 is 82.6. The molecule has 1 aliphatic rings. The molecule has 1 unspecified atom stereocenters. The van der Waals surface area contributed by atoms with E-state index in [1.165, 1.54) is 18.2 Å². The highest BCUT2D eigenvalue weighted by Gasteiger charge is 2.58. The first-order valence-electron chi connectivity index (χ1n) is 7.66. The fourth-order valence-corrected chi connectivity index (χ4v) is 3.03. The molecule has 2 heterocycles. The maximum Gasteiger partial charge on any atom is 0.420 e. The van der Waals surface area contributed by atoms with Gasteiger partial charge in [-0.2, -0.15) is 31.6 Å². The Kier molecular flexibility index (Phi) is 4.38. The molecule has 1 aromatic carbocycles. The molecule has 0 bridgehead atoms. The van der Waals surface area contributed by atoms with Gasteiger partial charge >= 0.3 is 12.4 Å². The lowest BCUT2D eigenvalue weighted by Gasteiger charge is -2.39. The van der Waals surface area contributed by atoms with Crippen molar-refractivity contribution in [1.82, 2.24) is 4.98 Å². The zero-order chi connectivity index (χ0) is 19.9. The Morgan fingerprint density at radius 2 is 1.78 bits per heavy atom. The first-order chi connectivity index (χ1) is 12.6. The maximum atomic E-state index is 14.1. The largest absolute Gasteiger partial charge is 0.420 e. The minimum Gasteiger partial charge on any atom is -0.362 e. The summed E-state index contributed by atoms with van der Waals surface area (Å²) in [7, 11) is 0. The van der Waals surface area contributed by atoms with Gasteiger partial charge in [0.05, 0.1) is 29.4 Å². The van der Waals surface area contributed by atoms with Crippen LogP contribution in [0.2, 0.25) is 0 Å². The minimum absolute atomic E-state index is 0.0952. The molecule has 0 aliphatic carbocycles. The quantitative estimate of drug-likeness (QED) is 0.718. The van der Waals surface area contributed by atoms with Crippen LogP contribution in [0, 0.1) is 11.3 Å². The molecule has 0 saturated heterocycles. The number of para-hydroxylation sites is 1. The van der Waals surface area contributed by atoms with Crippen molar-refractivity contribution in [3.63, 3.8) is 0 Å². The highest BCUT2D eigenvalue weighted by atomic mass is 19.4. The van der Waals surface area contributed by atoms with Crippen molar-refractivity contribution in [3.8, 4) is 6.07 Å². The molecule has 1 atom stereocenters. The number of halogens is 6. The number of pyridine rings is 1. The molecule has 1 N–H and O–H groups in total. The summed E-state index contributed by atoms with van der Waals surface area (Å²) in [6.07, 6.45) is -8.53. The molecule has 1 aromatic heterocycles. The average molecular weight is 383 g/mol. The van der Waals surface area contributed by atoms with Gasteiger partial charge in [-0.3, -0.25) is 4.98 Å². The predicted molar refractivity (Wildman–Crippen MR) is 85.2 cm³/mol. The number of nitrogens with one attached hydrogen (secondary N) is 1. The molecule has 0 amide bonds. The van der Waals surface area contributed by atoms with E-state index in [9.17, 15) is 26.3 Å². The second-order valence-corrected chi connectivity index (χ2v) is 5.88. The normalized spacial score (nSPS) is 19.5. The third-order valence-electron chi connectivity index (χ3n) is 4.21.